The monoisotopic (exact) mass is 236 g/mol. The standard InChI is InChI=1S/C13H20N2O2/c1-4-5-14-8-13(17)15-11-6-10(3)12(16)7-9(11)2/h6-7,14,16H,4-5,8H2,1-3H3,(H,15,17). The normalized spacial score (nSPS) is 10.3. The number of carbonyl (C=O) groups excluding carboxylic acids is 1. The van der Waals surface area contributed by atoms with Crippen molar-refractivity contribution in [1.29, 1.82) is 0 Å². The van der Waals surface area contributed by atoms with E-state index in [4.69, 9.17) is 0 Å². The molecule has 1 aromatic rings. The third-order valence-electron chi connectivity index (χ3n) is 2.53. The third-order valence-corrected chi connectivity index (χ3v) is 2.53. The second-order valence-corrected chi connectivity index (χ2v) is 4.18. The molecule has 0 aliphatic rings. The van der Waals surface area contributed by atoms with Gasteiger partial charge in [-0.25, -0.2) is 0 Å². The summed E-state index contributed by atoms with van der Waals surface area (Å²) in [5.41, 5.74) is 2.37. The summed E-state index contributed by atoms with van der Waals surface area (Å²) in [4.78, 5) is 11.6. The summed E-state index contributed by atoms with van der Waals surface area (Å²) in [5.74, 6) is 0.191. The van der Waals surface area contributed by atoms with Gasteiger partial charge >= 0.3 is 0 Å². The Labute approximate surface area is 102 Å². The average molecular weight is 236 g/mol. The van der Waals surface area contributed by atoms with Crippen molar-refractivity contribution in [2.24, 2.45) is 0 Å². The first-order valence-electron chi connectivity index (χ1n) is 5.85. The van der Waals surface area contributed by atoms with E-state index in [0.717, 1.165) is 29.8 Å². The molecule has 17 heavy (non-hydrogen) atoms. The number of carbonyl (C=O) groups is 1. The minimum absolute atomic E-state index is 0.0633. The Hall–Kier alpha value is -1.55. The van der Waals surface area contributed by atoms with E-state index >= 15 is 0 Å². The maximum absolute atomic E-state index is 11.6. The fourth-order valence-electron chi connectivity index (χ4n) is 1.51. The lowest BCUT2D eigenvalue weighted by molar-refractivity contribution is -0.115. The van der Waals surface area contributed by atoms with Gasteiger partial charge in [-0.3, -0.25) is 4.79 Å². The van der Waals surface area contributed by atoms with Crippen LogP contribution >= 0.6 is 0 Å². The second kappa shape index (κ2) is 6.25. The molecule has 0 aromatic heterocycles. The van der Waals surface area contributed by atoms with Crippen molar-refractivity contribution in [2.75, 3.05) is 18.4 Å². The number of phenolic OH excluding ortho intramolecular Hbond substituents is 1. The predicted molar refractivity (Wildman–Crippen MR) is 69.4 cm³/mol. The van der Waals surface area contributed by atoms with Gasteiger partial charge in [-0.1, -0.05) is 6.92 Å². The van der Waals surface area contributed by atoms with Crippen LogP contribution in [0, 0.1) is 13.8 Å². The highest BCUT2D eigenvalue weighted by Gasteiger charge is 2.06. The number of benzene rings is 1. The summed E-state index contributed by atoms with van der Waals surface area (Å²) in [6.45, 7) is 6.86. The molecule has 0 heterocycles. The molecule has 0 fully saturated rings. The zero-order valence-electron chi connectivity index (χ0n) is 10.6. The highest BCUT2D eigenvalue weighted by atomic mass is 16.3. The maximum atomic E-state index is 11.6. The third kappa shape index (κ3) is 4.07. The van der Waals surface area contributed by atoms with Crippen molar-refractivity contribution in [3.8, 4) is 5.75 Å². The minimum Gasteiger partial charge on any atom is -0.508 e. The van der Waals surface area contributed by atoms with Gasteiger partial charge in [-0.05, 0) is 50.1 Å². The zero-order chi connectivity index (χ0) is 12.8. The van der Waals surface area contributed by atoms with E-state index in [1.165, 1.54) is 0 Å². The molecule has 0 saturated heterocycles. The minimum atomic E-state index is -0.0633. The van der Waals surface area contributed by atoms with Crippen molar-refractivity contribution < 1.29 is 9.90 Å². The SMILES string of the molecule is CCCNCC(=O)Nc1cc(C)c(O)cc1C. The molecule has 0 saturated carbocycles. The van der Waals surface area contributed by atoms with Crippen LogP contribution in [0.4, 0.5) is 5.69 Å². The molecule has 0 bridgehead atoms. The van der Waals surface area contributed by atoms with Crippen LogP contribution in [0.2, 0.25) is 0 Å². The Kier molecular flexibility index (Phi) is 4.97. The molecule has 4 nitrogen and oxygen atoms in total. The highest BCUT2D eigenvalue weighted by molar-refractivity contribution is 5.93. The van der Waals surface area contributed by atoms with E-state index in [9.17, 15) is 9.90 Å². The van der Waals surface area contributed by atoms with Crippen molar-refractivity contribution >= 4 is 11.6 Å². The number of aromatic hydroxyl groups is 1. The van der Waals surface area contributed by atoms with Crippen LogP contribution in [0.3, 0.4) is 0 Å². The van der Waals surface area contributed by atoms with Gasteiger partial charge in [0.1, 0.15) is 5.75 Å². The Morgan fingerprint density at radius 3 is 2.65 bits per heavy atom. The molecule has 4 heteroatoms. The van der Waals surface area contributed by atoms with E-state index in [2.05, 4.69) is 17.6 Å². The van der Waals surface area contributed by atoms with Crippen molar-refractivity contribution in [3.05, 3.63) is 23.3 Å². The van der Waals surface area contributed by atoms with Gasteiger partial charge in [-0.15, -0.1) is 0 Å². The number of rotatable bonds is 5. The van der Waals surface area contributed by atoms with E-state index in [1.54, 1.807) is 19.1 Å². The molecule has 0 aliphatic heterocycles. The van der Waals surface area contributed by atoms with Gasteiger partial charge in [0.05, 0.1) is 6.54 Å². The van der Waals surface area contributed by atoms with E-state index in [1.807, 2.05) is 6.92 Å². The van der Waals surface area contributed by atoms with Gasteiger partial charge in [0, 0.05) is 5.69 Å². The summed E-state index contributed by atoms with van der Waals surface area (Å²) in [5, 5.41) is 15.4. The zero-order valence-corrected chi connectivity index (χ0v) is 10.6. The molecule has 94 valence electrons. The first-order chi connectivity index (χ1) is 8.04. The van der Waals surface area contributed by atoms with Gasteiger partial charge < -0.3 is 15.7 Å². The van der Waals surface area contributed by atoms with Gasteiger partial charge in [-0.2, -0.15) is 0 Å². The number of anilines is 1. The molecule has 0 unspecified atom stereocenters. The fourth-order valence-corrected chi connectivity index (χ4v) is 1.51. The number of phenols is 1. The Bertz CT molecular complexity index is 403. The lowest BCUT2D eigenvalue weighted by atomic mass is 10.1. The molecule has 0 radical (unpaired) electrons. The molecular formula is C13H20N2O2. The smallest absolute Gasteiger partial charge is 0.238 e. The number of nitrogens with one attached hydrogen (secondary N) is 2. The lowest BCUT2D eigenvalue weighted by Crippen LogP contribution is -2.28. The van der Waals surface area contributed by atoms with E-state index in [-0.39, 0.29) is 11.7 Å². The van der Waals surface area contributed by atoms with Crippen LogP contribution in [-0.4, -0.2) is 24.1 Å². The number of hydrogen-bond acceptors (Lipinski definition) is 3. The summed E-state index contributed by atoms with van der Waals surface area (Å²) >= 11 is 0. The van der Waals surface area contributed by atoms with Crippen LogP contribution < -0.4 is 10.6 Å². The molecule has 0 aliphatic carbocycles. The van der Waals surface area contributed by atoms with Gasteiger partial charge in [0.15, 0.2) is 0 Å². The number of aryl methyl sites for hydroxylation is 2. The largest absolute Gasteiger partial charge is 0.508 e. The summed E-state index contributed by atoms with van der Waals surface area (Å²) in [7, 11) is 0. The van der Waals surface area contributed by atoms with Crippen LogP contribution in [0.5, 0.6) is 5.75 Å². The Morgan fingerprint density at radius 2 is 2.00 bits per heavy atom. The van der Waals surface area contributed by atoms with Crippen LogP contribution in [0.25, 0.3) is 0 Å². The molecule has 1 amide bonds. The first kappa shape index (κ1) is 13.5. The molecule has 0 atom stereocenters. The van der Waals surface area contributed by atoms with E-state index < -0.39 is 0 Å². The van der Waals surface area contributed by atoms with Crippen LogP contribution in [-0.2, 0) is 4.79 Å². The summed E-state index contributed by atoms with van der Waals surface area (Å²) in [6, 6.07) is 3.44. The average Bonchev–Trinajstić information content (AvgIpc) is 2.26. The summed E-state index contributed by atoms with van der Waals surface area (Å²) in [6.07, 6.45) is 1.00. The molecule has 0 spiro atoms. The maximum Gasteiger partial charge on any atom is 0.238 e. The highest BCUT2D eigenvalue weighted by Crippen LogP contribution is 2.24. The van der Waals surface area contributed by atoms with Crippen molar-refractivity contribution in [3.63, 3.8) is 0 Å². The molecule has 1 aromatic carbocycles. The van der Waals surface area contributed by atoms with Gasteiger partial charge in [0.2, 0.25) is 5.91 Å². The summed E-state index contributed by atoms with van der Waals surface area (Å²) < 4.78 is 0. The predicted octanol–water partition coefficient (Wildman–Crippen LogP) is 1.95. The number of hydrogen-bond donors (Lipinski definition) is 3. The van der Waals surface area contributed by atoms with Crippen molar-refractivity contribution in [2.45, 2.75) is 27.2 Å². The Balaban J connectivity index is 2.62. The van der Waals surface area contributed by atoms with Crippen molar-refractivity contribution in [1.82, 2.24) is 5.32 Å². The first-order valence-corrected chi connectivity index (χ1v) is 5.85. The second-order valence-electron chi connectivity index (χ2n) is 4.18. The van der Waals surface area contributed by atoms with Gasteiger partial charge in [0.25, 0.3) is 0 Å². The fraction of sp³-hybridized carbons (Fsp3) is 0.462. The van der Waals surface area contributed by atoms with E-state index in [0.29, 0.717) is 6.54 Å². The Morgan fingerprint density at radius 1 is 1.29 bits per heavy atom. The molecular weight excluding hydrogens is 216 g/mol. The lowest BCUT2D eigenvalue weighted by Gasteiger charge is -2.11. The quantitative estimate of drug-likeness (QED) is 0.541. The number of amides is 1. The molecule has 1 rings (SSSR count). The molecule has 3 N–H and O–H groups in total. The van der Waals surface area contributed by atoms with Crippen LogP contribution in [0.15, 0.2) is 12.1 Å². The topological polar surface area (TPSA) is 61.4 Å². The van der Waals surface area contributed by atoms with Crippen LogP contribution in [0.1, 0.15) is 24.5 Å².